The van der Waals surface area contributed by atoms with Crippen LogP contribution in [0, 0.1) is 0 Å². The van der Waals surface area contributed by atoms with Crippen molar-refractivity contribution in [1.82, 2.24) is 24.9 Å². The molecule has 0 radical (unpaired) electrons. The van der Waals surface area contributed by atoms with Crippen molar-refractivity contribution in [3.8, 4) is 0 Å². The van der Waals surface area contributed by atoms with E-state index in [1.54, 1.807) is 42.7 Å². The van der Waals surface area contributed by atoms with Gasteiger partial charge in [-0.05, 0) is 29.8 Å². The smallest absolute Gasteiger partial charge is 0.267 e. The van der Waals surface area contributed by atoms with Gasteiger partial charge in [0.15, 0.2) is 0 Å². The van der Waals surface area contributed by atoms with Crippen molar-refractivity contribution in [2.24, 2.45) is 0 Å². The van der Waals surface area contributed by atoms with Gasteiger partial charge in [0.25, 0.3) is 5.91 Å². The van der Waals surface area contributed by atoms with Crippen LogP contribution in [0.25, 0.3) is 10.9 Å². The quantitative estimate of drug-likeness (QED) is 0.595. The SMILES string of the molecule is O=C(NCc1ccc(S(=O)(=O)N2CCNCC2)cc1)c1cc2cnccc2[nH]1. The fourth-order valence-electron chi connectivity index (χ4n) is 3.19. The fraction of sp³-hybridized carbons (Fsp3) is 0.263. The first-order chi connectivity index (χ1) is 13.5. The largest absolute Gasteiger partial charge is 0.350 e. The molecule has 0 bridgehead atoms. The third kappa shape index (κ3) is 3.77. The zero-order valence-electron chi connectivity index (χ0n) is 15.2. The third-order valence-corrected chi connectivity index (χ3v) is 6.67. The number of H-pyrrole nitrogens is 1. The van der Waals surface area contributed by atoms with E-state index in [1.165, 1.54) is 4.31 Å². The molecule has 146 valence electrons. The molecule has 8 nitrogen and oxygen atoms in total. The number of fused-ring (bicyclic) bond motifs is 1. The first-order valence-electron chi connectivity index (χ1n) is 9.05. The van der Waals surface area contributed by atoms with E-state index in [9.17, 15) is 13.2 Å². The molecular formula is C19H21N5O3S. The molecule has 0 aliphatic carbocycles. The Morgan fingerprint density at radius 1 is 1.14 bits per heavy atom. The molecule has 3 aromatic rings. The van der Waals surface area contributed by atoms with Crippen molar-refractivity contribution in [3.05, 3.63) is 60.0 Å². The molecule has 1 fully saturated rings. The number of pyridine rings is 1. The van der Waals surface area contributed by atoms with Crippen LogP contribution in [0.15, 0.2) is 53.7 Å². The highest BCUT2D eigenvalue weighted by Crippen LogP contribution is 2.17. The van der Waals surface area contributed by atoms with Crippen molar-refractivity contribution in [3.63, 3.8) is 0 Å². The monoisotopic (exact) mass is 399 g/mol. The first-order valence-corrected chi connectivity index (χ1v) is 10.5. The number of benzene rings is 1. The standard InChI is InChI=1S/C19H21N5O3S/c25-19(18-11-15-13-21-6-5-17(15)23-18)22-12-14-1-3-16(4-2-14)28(26,27)24-9-7-20-8-10-24/h1-6,11,13,20,23H,7-10,12H2,(H,22,25). The molecule has 0 atom stereocenters. The average molecular weight is 399 g/mol. The van der Waals surface area contributed by atoms with Gasteiger partial charge >= 0.3 is 0 Å². The van der Waals surface area contributed by atoms with E-state index < -0.39 is 10.0 Å². The van der Waals surface area contributed by atoms with E-state index in [1.807, 2.05) is 6.07 Å². The number of hydrogen-bond acceptors (Lipinski definition) is 5. The molecule has 1 amide bonds. The van der Waals surface area contributed by atoms with Crippen molar-refractivity contribution in [2.75, 3.05) is 26.2 Å². The Morgan fingerprint density at radius 3 is 2.61 bits per heavy atom. The number of piperazine rings is 1. The molecule has 4 rings (SSSR count). The minimum atomic E-state index is -3.47. The van der Waals surface area contributed by atoms with E-state index in [4.69, 9.17) is 0 Å². The van der Waals surface area contributed by atoms with Crippen LogP contribution in [0.3, 0.4) is 0 Å². The number of sulfonamides is 1. The van der Waals surface area contributed by atoms with Crippen LogP contribution in [-0.2, 0) is 16.6 Å². The number of aromatic nitrogens is 2. The molecule has 28 heavy (non-hydrogen) atoms. The lowest BCUT2D eigenvalue weighted by atomic mass is 10.2. The van der Waals surface area contributed by atoms with Gasteiger partial charge in [-0.1, -0.05) is 12.1 Å². The molecule has 1 aliphatic rings. The number of hydrogen-bond donors (Lipinski definition) is 3. The third-order valence-electron chi connectivity index (χ3n) is 4.76. The van der Waals surface area contributed by atoms with Crippen molar-refractivity contribution < 1.29 is 13.2 Å². The minimum Gasteiger partial charge on any atom is -0.350 e. The van der Waals surface area contributed by atoms with Crippen LogP contribution in [0.4, 0.5) is 0 Å². The summed E-state index contributed by atoms with van der Waals surface area (Å²) in [7, 11) is -3.47. The van der Waals surface area contributed by atoms with Gasteiger partial charge in [0.05, 0.1) is 4.90 Å². The van der Waals surface area contributed by atoms with Gasteiger partial charge in [-0.25, -0.2) is 8.42 Å². The number of carbonyl (C=O) groups excluding carboxylic acids is 1. The van der Waals surface area contributed by atoms with Gasteiger partial charge in [0.2, 0.25) is 10.0 Å². The Bertz CT molecular complexity index is 1050. The second-order valence-corrected chi connectivity index (χ2v) is 8.56. The summed E-state index contributed by atoms with van der Waals surface area (Å²) in [5.41, 5.74) is 2.13. The molecule has 0 unspecified atom stereocenters. The average Bonchev–Trinajstić information content (AvgIpc) is 3.17. The van der Waals surface area contributed by atoms with E-state index in [2.05, 4.69) is 20.6 Å². The van der Waals surface area contributed by atoms with Crippen LogP contribution in [-0.4, -0.2) is 54.8 Å². The highest BCUT2D eigenvalue weighted by Gasteiger charge is 2.25. The fourth-order valence-corrected chi connectivity index (χ4v) is 4.63. The predicted molar refractivity (Wildman–Crippen MR) is 105 cm³/mol. The van der Waals surface area contributed by atoms with Gasteiger partial charge in [0, 0.05) is 56.0 Å². The Labute approximate surface area is 163 Å². The Morgan fingerprint density at radius 2 is 1.89 bits per heavy atom. The molecule has 3 heterocycles. The number of nitrogens with one attached hydrogen (secondary N) is 3. The number of rotatable bonds is 5. The lowest BCUT2D eigenvalue weighted by Gasteiger charge is -2.26. The van der Waals surface area contributed by atoms with Crippen molar-refractivity contribution >= 4 is 26.8 Å². The minimum absolute atomic E-state index is 0.228. The van der Waals surface area contributed by atoms with Crippen LogP contribution in [0.5, 0.6) is 0 Å². The summed E-state index contributed by atoms with van der Waals surface area (Å²) in [6.45, 7) is 2.57. The zero-order chi connectivity index (χ0) is 19.6. The molecule has 1 saturated heterocycles. The highest BCUT2D eigenvalue weighted by molar-refractivity contribution is 7.89. The highest BCUT2D eigenvalue weighted by atomic mass is 32.2. The van der Waals surface area contributed by atoms with Gasteiger partial charge < -0.3 is 15.6 Å². The Kier molecular flexibility index (Phi) is 5.12. The van der Waals surface area contributed by atoms with Gasteiger partial charge in [-0.2, -0.15) is 4.31 Å². The second-order valence-electron chi connectivity index (χ2n) is 6.63. The van der Waals surface area contributed by atoms with Crippen molar-refractivity contribution in [2.45, 2.75) is 11.4 Å². The van der Waals surface area contributed by atoms with Crippen LogP contribution in [0.1, 0.15) is 16.1 Å². The number of aromatic amines is 1. The van der Waals surface area contributed by atoms with E-state index in [-0.39, 0.29) is 10.8 Å². The predicted octanol–water partition coefficient (Wildman–Crippen LogP) is 1.09. The Balaban J connectivity index is 1.41. The topological polar surface area (TPSA) is 107 Å². The summed E-state index contributed by atoms with van der Waals surface area (Å²) >= 11 is 0. The van der Waals surface area contributed by atoms with E-state index >= 15 is 0 Å². The summed E-state index contributed by atoms with van der Waals surface area (Å²) in [6.07, 6.45) is 3.36. The maximum atomic E-state index is 12.7. The van der Waals surface area contributed by atoms with Gasteiger partial charge in [0.1, 0.15) is 5.69 Å². The second kappa shape index (κ2) is 7.70. The molecule has 2 aromatic heterocycles. The summed E-state index contributed by atoms with van der Waals surface area (Å²) in [5, 5.41) is 6.85. The molecule has 1 aromatic carbocycles. The Hall–Kier alpha value is -2.75. The number of nitrogens with zero attached hydrogens (tertiary/aromatic N) is 2. The first kappa shape index (κ1) is 18.6. The summed E-state index contributed by atoms with van der Waals surface area (Å²) < 4.78 is 26.8. The van der Waals surface area contributed by atoms with Crippen molar-refractivity contribution in [1.29, 1.82) is 0 Å². The van der Waals surface area contributed by atoms with E-state index in [0.717, 1.165) is 16.5 Å². The van der Waals surface area contributed by atoms with E-state index in [0.29, 0.717) is 38.4 Å². The van der Waals surface area contributed by atoms with Gasteiger partial charge in [-0.3, -0.25) is 9.78 Å². The number of carbonyl (C=O) groups is 1. The van der Waals surface area contributed by atoms with Crippen LogP contribution in [0.2, 0.25) is 0 Å². The molecule has 0 saturated carbocycles. The normalized spacial score (nSPS) is 15.6. The zero-order valence-corrected chi connectivity index (χ0v) is 16.0. The lowest BCUT2D eigenvalue weighted by molar-refractivity contribution is 0.0946. The summed E-state index contributed by atoms with van der Waals surface area (Å²) in [4.78, 5) is 19.7. The van der Waals surface area contributed by atoms with Gasteiger partial charge in [-0.15, -0.1) is 0 Å². The number of amides is 1. The molecule has 0 spiro atoms. The molecule has 9 heteroatoms. The van der Waals surface area contributed by atoms with Crippen LogP contribution >= 0.6 is 0 Å². The van der Waals surface area contributed by atoms with Crippen LogP contribution < -0.4 is 10.6 Å². The molecular weight excluding hydrogens is 378 g/mol. The maximum absolute atomic E-state index is 12.7. The summed E-state index contributed by atoms with van der Waals surface area (Å²) in [5.74, 6) is -0.228. The summed E-state index contributed by atoms with van der Waals surface area (Å²) in [6, 6.07) is 10.2. The molecule has 1 aliphatic heterocycles. The lowest BCUT2D eigenvalue weighted by Crippen LogP contribution is -2.46. The molecule has 3 N–H and O–H groups in total. The maximum Gasteiger partial charge on any atom is 0.267 e.